The second-order valence-electron chi connectivity index (χ2n) is 7.79. The molecule has 0 aliphatic heterocycles. The second-order valence-corrected chi connectivity index (χ2v) is 8.70. The molecule has 0 unspecified atom stereocenters. The fourth-order valence-corrected chi connectivity index (χ4v) is 3.70. The van der Waals surface area contributed by atoms with Gasteiger partial charge in [0.2, 0.25) is 12.2 Å². The number of amides is 1. The molecule has 0 fully saturated rings. The Labute approximate surface area is 231 Å². The van der Waals surface area contributed by atoms with Crippen molar-refractivity contribution in [1.82, 2.24) is 0 Å². The van der Waals surface area contributed by atoms with E-state index in [0.717, 1.165) is 0 Å². The highest BCUT2D eigenvalue weighted by Gasteiger charge is 2.41. The van der Waals surface area contributed by atoms with E-state index < -0.39 is 36.0 Å². The average molecular weight is 602 g/mol. The highest BCUT2D eigenvalue weighted by molar-refractivity contribution is 9.10. The lowest BCUT2D eigenvalue weighted by molar-refractivity contribution is -0.157. The molecule has 11 nitrogen and oxygen atoms in total. The van der Waals surface area contributed by atoms with Crippen LogP contribution < -0.4 is 19.5 Å². The first-order chi connectivity index (χ1) is 18.7. The van der Waals surface area contributed by atoms with Crippen molar-refractivity contribution in [2.24, 2.45) is 0 Å². The second kappa shape index (κ2) is 13.3. The summed E-state index contributed by atoms with van der Waals surface area (Å²) in [4.78, 5) is 51.5. The van der Waals surface area contributed by atoms with Crippen molar-refractivity contribution in [1.29, 1.82) is 0 Å². The average Bonchev–Trinajstić information content (AvgIpc) is 2.94. The van der Waals surface area contributed by atoms with Gasteiger partial charge >= 0.3 is 17.9 Å². The molecule has 0 saturated heterocycles. The number of halogens is 1. The minimum Gasteiger partial charge on any atom is -0.497 e. The fraction of sp³-hybridized carbons (Fsp3) is 0.185. The number of nitrogens with one attached hydrogen (secondary N) is 1. The molecule has 0 bridgehead atoms. The molecule has 0 aliphatic carbocycles. The third-order valence-corrected chi connectivity index (χ3v) is 5.77. The third kappa shape index (κ3) is 7.48. The maximum absolute atomic E-state index is 13.4. The van der Waals surface area contributed by atoms with Crippen LogP contribution >= 0.6 is 15.9 Å². The Kier molecular flexibility index (Phi) is 9.87. The van der Waals surface area contributed by atoms with Crippen LogP contribution in [0.2, 0.25) is 0 Å². The van der Waals surface area contributed by atoms with Crippen LogP contribution in [0.4, 0.5) is 5.69 Å². The van der Waals surface area contributed by atoms with Gasteiger partial charge in [0.15, 0.2) is 0 Å². The summed E-state index contributed by atoms with van der Waals surface area (Å²) in [6.07, 6.45) is -4.34. The van der Waals surface area contributed by atoms with Crippen molar-refractivity contribution in [3.63, 3.8) is 0 Å². The Morgan fingerprint density at radius 2 is 1.28 bits per heavy atom. The van der Waals surface area contributed by atoms with E-state index >= 15 is 0 Å². The van der Waals surface area contributed by atoms with E-state index in [1.54, 1.807) is 24.3 Å². The van der Waals surface area contributed by atoms with Crippen LogP contribution in [-0.4, -0.2) is 62.5 Å². The molecule has 2 N–H and O–H groups in total. The van der Waals surface area contributed by atoms with Gasteiger partial charge in [-0.2, -0.15) is 0 Å². The van der Waals surface area contributed by atoms with Crippen LogP contribution in [0.5, 0.6) is 17.2 Å². The van der Waals surface area contributed by atoms with Crippen LogP contribution in [0.15, 0.2) is 71.2 Å². The highest BCUT2D eigenvalue weighted by atomic mass is 79.9. The van der Waals surface area contributed by atoms with Crippen LogP contribution in [0.25, 0.3) is 0 Å². The van der Waals surface area contributed by atoms with E-state index in [2.05, 4.69) is 21.2 Å². The summed E-state index contributed by atoms with van der Waals surface area (Å²) in [7, 11) is 4.15. The molecule has 0 heterocycles. The molecule has 12 heteroatoms. The van der Waals surface area contributed by atoms with Gasteiger partial charge in [-0.15, -0.1) is 0 Å². The first-order valence-electron chi connectivity index (χ1n) is 11.2. The van der Waals surface area contributed by atoms with E-state index in [-0.39, 0.29) is 22.6 Å². The van der Waals surface area contributed by atoms with Gasteiger partial charge in [-0.25, -0.2) is 14.4 Å². The first kappa shape index (κ1) is 29.0. The molecule has 39 heavy (non-hydrogen) atoms. The summed E-state index contributed by atoms with van der Waals surface area (Å²) in [5.41, 5.74) is 0.0607. The van der Waals surface area contributed by atoms with Crippen LogP contribution in [0, 0.1) is 0 Å². The Balaban J connectivity index is 1.97. The molecule has 0 aromatic heterocycles. The monoisotopic (exact) mass is 601 g/mol. The number of benzene rings is 3. The van der Waals surface area contributed by atoms with Crippen molar-refractivity contribution >= 4 is 45.4 Å². The van der Waals surface area contributed by atoms with Gasteiger partial charge in [0.25, 0.3) is 5.91 Å². The molecule has 2 atom stereocenters. The topological polar surface area (TPSA) is 147 Å². The third-order valence-electron chi connectivity index (χ3n) is 5.28. The zero-order valence-electron chi connectivity index (χ0n) is 21.0. The van der Waals surface area contributed by atoms with Gasteiger partial charge in [0, 0.05) is 4.47 Å². The molecular formula is C27H24BrNO10. The largest absolute Gasteiger partial charge is 0.497 e. The van der Waals surface area contributed by atoms with E-state index in [4.69, 9.17) is 23.7 Å². The fourth-order valence-electron chi connectivity index (χ4n) is 3.34. The van der Waals surface area contributed by atoms with E-state index in [1.165, 1.54) is 63.8 Å². The predicted octanol–water partition coefficient (Wildman–Crippen LogP) is 3.95. The molecule has 204 valence electrons. The molecule has 0 saturated carbocycles. The lowest BCUT2D eigenvalue weighted by atomic mass is 10.1. The van der Waals surface area contributed by atoms with Crippen molar-refractivity contribution in [3.8, 4) is 17.2 Å². The number of ether oxygens (including phenoxy) is 5. The number of esters is 2. The van der Waals surface area contributed by atoms with Crippen LogP contribution in [-0.2, 0) is 19.1 Å². The highest BCUT2D eigenvalue weighted by Crippen LogP contribution is 2.29. The maximum Gasteiger partial charge on any atom is 0.349 e. The molecule has 3 rings (SSSR count). The number of carbonyl (C=O) groups is 4. The summed E-state index contributed by atoms with van der Waals surface area (Å²) in [6.45, 7) is 0. The summed E-state index contributed by atoms with van der Waals surface area (Å²) < 4.78 is 26.5. The zero-order chi connectivity index (χ0) is 28.5. The SMILES string of the molecule is COc1cccc(C(=O)O[C@H](C(=O)O)[C@@H](OC(=O)c2cccc(OC)c2)C(=O)Nc2cc(Br)ccc2OC)c1. The number of carboxylic acids is 1. The Morgan fingerprint density at radius 1 is 0.744 bits per heavy atom. The summed E-state index contributed by atoms with van der Waals surface area (Å²) in [5.74, 6) is -4.08. The number of aliphatic carboxylic acids is 1. The van der Waals surface area contributed by atoms with Crippen molar-refractivity contribution in [3.05, 3.63) is 82.3 Å². The first-order valence-corrected chi connectivity index (χ1v) is 12.0. The van der Waals surface area contributed by atoms with E-state index in [1.807, 2.05) is 0 Å². The smallest absolute Gasteiger partial charge is 0.349 e. The lowest BCUT2D eigenvalue weighted by Gasteiger charge is -2.24. The van der Waals surface area contributed by atoms with Gasteiger partial charge < -0.3 is 34.1 Å². The maximum atomic E-state index is 13.4. The van der Waals surface area contributed by atoms with Crippen molar-refractivity contribution in [2.45, 2.75) is 12.2 Å². The standard InChI is InChI=1S/C27H24BrNO10/c1-35-18-8-4-6-15(12-18)26(33)38-22(24(30)29-20-14-17(28)10-11-21(20)37-3)23(25(31)32)39-27(34)16-7-5-9-19(13-16)36-2/h4-14,22-23H,1-3H3,(H,29,30)(H,31,32)/t22-,23+/m1/s1. The molecule has 3 aromatic rings. The predicted molar refractivity (Wildman–Crippen MR) is 141 cm³/mol. The molecule has 3 aromatic carbocycles. The molecule has 0 spiro atoms. The Hall–Kier alpha value is -4.58. The van der Waals surface area contributed by atoms with Crippen molar-refractivity contribution < 1.29 is 48.0 Å². The van der Waals surface area contributed by atoms with Crippen molar-refractivity contribution in [2.75, 3.05) is 26.6 Å². The van der Waals surface area contributed by atoms with Gasteiger partial charge in [0.1, 0.15) is 17.2 Å². The summed E-state index contributed by atoms with van der Waals surface area (Å²) in [5, 5.41) is 12.4. The Morgan fingerprint density at radius 3 is 1.77 bits per heavy atom. The van der Waals surface area contributed by atoms with E-state index in [0.29, 0.717) is 16.0 Å². The summed E-state index contributed by atoms with van der Waals surface area (Å²) >= 11 is 3.28. The van der Waals surface area contributed by atoms with Gasteiger partial charge in [-0.05, 0) is 54.6 Å². The minimum atomic E-state index is -2.23. The van der Waals surface area contributed by atoms with Crippen LogP contribution in [0.3, 0.4) is 0 Å². The van der Waals surface area contributed by atoms with Crippen LogP contribution in [0.1, 0.15) is 20.7 Å². The number of anilines is 1. The number of carboxylic acid groups (broad SMARTS) is 1. The number of rotatable bonds is 11. The molecule has 0 aliphatic rings. The normalized spacial score (nSPS) is 11.9. The number of methoxy groups -OCH3 is 3. The molecular weight excluding hydrogens is 578 g/mol. The number of carbonyl (C=O) groups excluding carboxylic acids is 3. The van der Waals surface area contributed by atoms with Gasteiger partial charge in [-0.1, -0.05) is 28.1 Å². The Bertz CT molecular complexity index is 1380. The number of hydrogen-bond acceptors (Lipinski definition) is 9. The zero-order valence-corrected chi connectivity index (χ0v) is 22.6. The lowest BCUT2D eigenvalue weighted by Crippen LogP contribution is -2.48. The van der Waals surface area contributed by atoms with Gasteiger partial charge in [0.05, 0.1) is 38.1 Å². The van der Waals surface area contributed by atoms with Gasteiger partial charge in [-0.3, -0.25) is 4.79 Å². The minimum absolute atomic E-state index is 0.0320. The quantitative estimate of drug-likeness (QED) is 0.309. The number of hydrogen-bond donors (Lipinski definition) is 2. The molecule has 1 amide bonds. The van der Waals surface area contributed by atoms with E-state index in [9.17, 15) is 24.3 Å². The molecule has 0 radical (unpaired) electrons. The summed E-state index contributed by atoms with van der Waals surface area (Å²) in [6, 6.07) is 16.3.